The van der Waals surface area contributed by atoms with Gasteiger partial charge in [0.15, 0.2) is 0 Å². The van der Waals surface area contributed by atoms with Crippen molar-refractivity contribution in [2.45, 2.75) is 89.3 Å². The minimum absolute atomic E-state index is 0.713. The zero-order chi connectivity index (χ0) is 13.7. The highest BCUT2D eigenvalue weighted by Crippen LogP contribution is 2.30. The average Bonchev–Trinajstić information content (AvgIpc) is 2.39. The van der Waals surface area contributed by atoms with Gasteiger partial charge >= 0.3 is 0 Å². The molecule has 0 saturated heterocycles. The highest BCUT2D eigenvalue weighted by molar-refractivity contribution is 4.88. The molecule has 2 atom stereocenters. The Kier molecular flexibility index (Phi) is 6.15. The van der Waals surface area contributed by atoms with Crippen molar-refractivity contribution in [3.8, 4) is 0 Å². The van der Waals surface area contributed by atoms with Crippen LogP contribution in [0.2, 0.25) is 0 Å². The zero-order valence-electron chi connectivity index (χ0n) is 13.3. The maximum atomic E-state index is 3.61. The van der Waals surface area contributed by atoms with E-state index in [1.54, 1.807) is 0 Å². The van der Waals surface area contributed by atoms with Crippen molar-refractivity contribution in [1.29, 1.82) is 0 Å². The maximum absolute atomic E-state index is 3.61. The Bertz CT molecular complexity index is 246. The van der Waals surface area contributed by atoms with Crippen molar-refractivity contribution >= 4 is 0 Å². The molecule has 2 nitrogen and oxygen atoms in total. The van der Waals surface area contributed by atoms with Crippen LogP contribution in [0.15, 0.2) is 0 Å². The molecule has 0 aromatic rings. The molecule has 0 bridgehead atoms. The Morgan fingerprint density at radius 3 is 2.11 bits per heavy atom. The molecule has 2 aliphatic rings. The molecule has 2 rings (SSSR count). The molecule has 0 heterocycles. The second kappa shape index (κ2) is 7.64. The number of nitrogens with zero attached hydrogens (tertiary/aromatic N) is 1. The molecule has 112 valence electrons. The summed E-state index contributed by atoms with van der Waals surface area (Å²) in [5.74, 6) is 0.960. The summed E-state index contributed by atoms with van der Waals surface area (Å²) < 4.78 is 0. The summed E-state index contributed by atoms with van der Waals surface area (Å²) in [6, 6.07) is 2.32. The summed E-state index contributed by atoms with van der Waals surface area (Å²) in [7, 11) is 4.56. The van der Waals surface area contributed by atoms with Gasteiger partial charge in [0.25, 0.3) is 0 Å². The van der Waals surface area contributed by atoms with Crippen LogP contribution in [-0.2, 0) is 0 Å². The number of likely N-dealkylation sites (N-methyl/N-ethyl adjacent to an activating group) is 2. The predicted molar refractivity (Wildman–Crippen MR) is 83.5 cm³/mol. The van der Waals surface area contributed by atoms with Crippen molar-refractivity contribution in [2.24, 2.45) is 5.92 Å². The molecular formula is C17H34N2. The first-order chi connectivity index (χ1) is 9.22. The lowest BCUT2D eigenvalue weighted by atomic mass is 9.84. The minimum atomic E-state index is 0.713. The van der Waals surface area contributed by atoms with E-state index >= 15 is 0 Å². The average molecular weight is 266 g/mol. The highest BCUT2D eigenvalue weighted by atomic mass is 15.2. The molecule has 0 aromatic heterocycles. The number of nitrogens with one attached hydrogen (secondary N) is 1. The first kappa shape index (κ1) is 15.3. The quantitative estimate of drug-likeness (QED) is 0.835. The topological polar surface area (TPSA) is 15.3 Å². The maximum Gasteiger partial charge on any atom is 0.0249 e. The van der Waals surface area contributed by atoms with E-state index in [0.717, 1.165) is 18.0 Å². The van der Waals surface area contributed by atoms with Crippen molar-refractivity contribution < 1.29 is 0 Å². The van der Waals surface area contributed by atoms with Gasteiger partial charge in [-0.3, -0.25) is 4.90 Å². The Morgan fingerprint density at radius 2 is 1.47 bits per heavy atom. The molecule has 2 fully saturated rings. The lowest BCUT2D eigenvalue weighted by Gasteiger charge is -2.42. The molecule has 0 spiro atoms. The van der Waals surface area contributed by atoms with Gasteiger partial charge in [-0.1, -0.05) is 32.6 Å². The smallest absolute Gasteiger partial charge is 0.0249 e. The van der Waals surface area contributed by atoms with Crippen LogP contribution in [0, 0.1) is 5.92 Å². The van der Waals surface area contributed by atoms with Crippen molar-refractivity contribution in [1.82, 2.24) is 10.2 Å². The SMILES string of the molecule is CNC1CCCCCCC1N(C)C1CCC(C)CC1. The van der Waals surface area contributed by atoms with E-state index in [-0.39, 0.29) is 0 Å². The van der Waals surface area contributed by atoms with Crippen LogP contribution in [0.1, 0.15) is 71.1 Å². The number of hydrogen-bond acceptors (Lipinski definition) is 2. The van der Waals surface area contributed by atoms with E-state index in [0.29, 0.717) is 6.04 Å². The Labute approximate surface area is 120 Å². The van der Waals surface area contributed by atoms with Crippen LogP contribution in [0.3, 0.4) is 0 Å². The molecule has 2 unspecified atom stereocenters. The van der Waals surface area contributed by atoms with Crippen molar-refractivity contribution in [3.05, 3.63) is 0 Å². The van der Waals surface area contributed by atoms with Crippen LogP contribution < -0.4 is 5.32 Å². The van der Waals surface area contributed by atoms with Gasteiger partial charge in [-0.25, -0.2) is 0 Å². The van der Waals surface area contributed by atoms with Crippen molar-refractivity contribution in [3.63, 3.8) is 0 Å². The number of hydrogen-bond donors (Lipinski definition) is 1. The fourth-order valence-corrected chi connectivity index (χ4v) is 4.21. The summed E-state index contributed by atoms with van der Waals surface area (Å²) in [6.45, 7) is 2.42. The monoisotopic (exact) mass is 266 g/mol. The zero-order valence-corrected chi connectivity index (χ0v) is 13.3. The first-order valence-corrected chi connectivity index (χ1v) is 8.61. The van der Waals surface area contributed by atoms with E-state index < -0.39 is 0 Å². The Morgan fingerprint density at radius 1 is 0.842 bits per heavy atom. The third-order valence-electron chi connectivity index (χ3n) is 5.68. The summed E-state index contributed by atoms with van der Waals surface area (Å²) in [6.07, 6.45) is 14.2. The van der Waals surface area contributed by atoms with Gasteiger partial charge in [-0.15, -0.1) is 0 Å². The summed E-state index contributed by atoms with van der Waals surface area (Å²) >= 11 is 0. The van der Waals surface area contributed by atoms with Gasteiger partial charge in [0.2, 0.25) is 0 Å². The van der Waals surface area contributed by atoms with E-state index in [1.165, 1.54) is 64.2 Å². The Balaban J connectivity index is 1.94. The molecular weight excluding hydrogens is 232 g/mol. The van der Waals surface area contributed by atoms with Gasteiger partial charge in [0, 0.05) is 18.1 Å². The molecule has 0 aromatic carbocycles. The van der Waals surface area contributed by atoms with Crippen LogP contribution in [0.25, 0.3) is 0 Å². The lowest BCUT2D eigenvalue weighted by molar-refractivity contribution is 0.0877. The van der Waals surface area contributed by atoms with E-state index in [1.807, 2.05) is 0 Å². The molecule has 1 N–H and O–H groups in total. The van der Waals surface area contributed by atoms with Gasteiger partial charge < -0.3 is 5.32 Å². The molecule has 2 aliphatic carbocycles. The lowest BCUT2D eigenvalue weighted by Crippen LogP contribution is -2.52. The molecule has 0 aliphatic heterocycles. The third-order valence-corrected chi connectivity index (χ3v) is 5.68. The highest BCUT2D eigenvalue weighted by Gasteiger charge is 2.30. The molecule has 2 heteroatoms. The van der Waals surface area contributed by atoms with Crippen molar-refractivity contribution in [2.75, 3.05) is 14.1 Å². The van der Waals surface area contributed by atoms with Crippen LogP contribution >= 0.6 is 0 Å². The standard InChI is InChI=1S/C17H34N2/c1-14-10-12-15(13-11-14)19(3)17-9-7-5-4-6-8-16(17)18-2/h14-18H,4-13H2,1-3H3. The van der Waals surface area contributed by atoms with E-state index in [2.05, 4.69) is 31.2 Å². The largest absolute Gasteiger partial charge is 0.315 e. The van der Waals surface area contributed by atoms with Crippen LogP contribution in [-0.4, -0.2) is 37.1 Å². The van der Waals surface area contributed by atoms with E-state index in [9.17, 15) is 0 Å². The van der Waals surface area contributed by atoms with Crippen LogP contribution in [0.5, 0.6) is 0 Å². The van der Waals surface area contributed by atoms with Gasteiger partial charge in [0.1, 0.15) is 0 Å². The predicted octanol–water partition coefficient (Wildman–Crippen LogP) is 3.81. The fourth-order valence-electron chi connectivity index (χ4n) is 4.21. The van der Waals surface area contributed by atoms with E-state index in [4.69, 9.17) is 0 Å². The summed E-state index contributed by atoms with van der Waals surface area (Å²) in [4.78, 5) is 2.75. The van der Waals surface area contributed by atoms with Gasteiger partial charge in [-0.05, 0) is 58.5 Å². The Hall–Kier alpha value is -0.0800. The van der Waals surface area contributed by atoms with Gasteiger partial charge in [-0.2, -0.15) is 0 Å². The summed E-state index contributed by atoms with van der Waals surface area (Å²) in [5.41, 5.74) is 0. The van der Waals surface area contributed by atoms with Gasteiger partial charge in [0.05, 0.1) is 0 Å². The first-order valence-electron chi connectivity index (χ1n) is 8.61. The number of rotatable bonds is 3. The van der Waals surface area contributed by atoms with Crippen LogP contribution in [0.4, 0.5) is 0 Å². The normalized spacial score (nSPS) is 37.9. The second-order valence-electron chi connectivity index (χ2n) is 7.03. The second-order valence-corrected chi connectivity index (χ2v) is 7.03. The molecule has 0 radical (unpaired) electrons. The summed E-state index contributed by atoms with van der Waals surface area (Å²) in [5, 5.41) is 3.61. The third kappa shape index (κ3) is 4.19. The minimum Gasteiger partial charge on any atom is -0.315 e. The molecule has 2 saturated carbocycles. The fraction of sp³-hybridized carbons (Fsp3) is 1.00. The molecule has 19 heavy (non-hydrogen) atoms. The molecule has 0 amide bonds.